The summed E-state index contributed by atoms with van der Waals surface area (Å²) in [4.78, 5) is 19.3. The minimum atomic E-state index is -0.192. The van der Waals surface area contributed by atoms with Crippen LogP contribution in [0, 0.1) is 6.92 Å². The molecular formula is C22H22ClN3O3. The smallest absolute Gasteiger partial charge is 0.249 e. The summed E-state index contributed by atoms with van der Waals surface area (Å²) in [5.74, 6) is 1.64. The highest BCUT2D eigenvalue weighted by Gasteiger charge is 2.34. The van der Waals surface area contributed by atoms with Crippen molar-refractivity contribution in [1.29, 1.82) is 0 Å². The van der Waals surface area contributed by atoms with Crippen molar-refractivity contribution < 1.29 is 14.1 Å². The van der Waals surface area contributed by atoms with Crippen LogP contribution in [0.25, 0.3) is 11.4 Å². The van der Waals surface area contributed by atoms with E-state index < -0.39 is 0 Å². The Balaban J connectivity index is 1.50. The summed E-state index contributed by atoms with van der Waals surface area (Å²) in [6.07, 6.45) is 1.98. The molecule has 6 nitrogen and oxygen atoms in total. The lowest BCUT2D eigenvalue weighted by Crippen LogP contribution is -2.32. The minimum Gasteiger partial charge on any atom is -0.495 e. The van der Waals surface area contributed by atoms with E-state index in [1.807, 2.05) is 42.2 Å². The first-order valence-corrected chi connectivity index (χ1v) is 9.95. The van der Waals surface area contributed by atoms with Gasteiger partial charge in [-0.1, -0.05) is 46.6 Å². The van der Waals surface area contributed by atoms with Crippen molar-refractivity contribution in [2.24, 2.45) is 0 Å². The molecule has 0 aliphatic carbocycles. The molecular weight excluding hydrogens is 390 g/mol. The molecule has 0 N–H and O–H groups in total. The summed E-state index contributed by atoms with van der Waals surface area (Å²) in [6, 6.07) is 13.2. The Morgan fingerprint density at radius 3 is 2.93 bits per heavy atom. The number of halogens is 1. The Bertz CT molecular complexity index is 1030. The number of ether oxygens (including phenoxy) is 1. The Hall–Kier alpha value is -2.86. The van der Waals surface area contributed by atoms with Gasteiger partial charge in [-0.3, -0.25) is 4.79 Å². The van der Waals surface area contributed by atoms with Crippen LogP contribution in [0.5, 0.6) is 5.75 Å². The fourth-order valence-corrected chi connectivity index (χ4v) is 3.97. The maximum atomic E-state index is 12.9. The summed E-state index contributed by atoms with van der Waals surface area (Å²) < 4.78 is 10.7. The zero-order valence-corrected chi connectivity index (χ0v) is 17.1. The largest absolute Gasteiger partial charge is 0.495 e. The van der Waals surface area contributed by atoms with Gasteiger partial charge in [0.05, 0.1) is 18.6 Å². The van der Waals surface area contributed by atoms with Crippen LogP contribution in [0.2, 0.25) is 5.02 Å². The van der Waals surface area contributed by atoms with E-state index in [1.54, 1.807) is 19.2 Å². The number of amides is 1. The Kier molecular flexibility index (Phi) is 5.53. The molecule has 1 saturated heterocycles. The van der Waals surface area contributed by atoms with Gasteiger partial charge in [0.25, 0.3) is 0 Å². The Morgan fingerprint density at radius 1 is 1.31 bits per heavy atom. The predicted octanol–water partition coefficient (Wildman–Crippen LogP) is 4.61. The number of carbonyl (C=O) groups excluding carboxylic acids is 1. The first kappa shape index (κ1) is 19.5. The molecule has 0 bridgehead atoms. The number of carbonyl (C=O) groups is 1. The van der Waals surface area contributed by atoms with E-state index in [0.717, 1.165) is 29.5 Å². The van der Waals surface area contributed by atoms with Gasteiger partial charge < -0.3 is 14.2 Å². The van der Waals surface area contributed by atoms with Crippen LogP contribution in [0.15, 0.2) is 47.0 Å². The van der Waals surface area contributed by atoms with Gasteiger partial charge in [0, 0.05) is 12.1 Å². The number of aryl methyl sites for hydroxylation is 1. The molecule has 1 aliphatic heterocycles. The molecule has 1 fully saturated rings. The van der Waals surface area contributed by atoms with E-state index in [4.69, 9.17) is 20.9 Å². The van der Waals surface area contributed by atoms with E-state index in [2.05, 4.69) is 10.1 Å². The van der Waals surface area contributed by atoms with Crippen LogP contribution < -0.4 is 4.74 Å². The van der Waals surface area contributed by atoms with Gasteiger partial charge in [-0.25, -0.2) is 0 Å². The van der Waals surface area contributed by atoms with Crippen molar-refractivity contribution in [2.75, 3.05) is 13.7 Å². The number of benzene rings is 2. The maximum absolute atomic E-state index is 12.9. The second-order valence-electron chi connectivity index (χ2n) is 7.22. The van der Waals surface area contributed by atoms with Crippen LogP contribution in [0.4, 0.5) is 0 Å². The van der Waals surface area contributed by atoms with Crippen molar-refractivity contribution in [3.05, 3.63) is 64.5 Å². The van der Waals surface area contributed by atoms with Gasteiger partial charge in [0.15, 0.2) is 0 Å². The van der Waals surface area contributed by atoms with Crippen LogP contribution >= 0.6 is 11.6 Å². The maximum Gasteiger partial charge on any atom is 0.249 e. The third-order valence-electron chi connectivity index (χ3n) is 5.15. The molecule has 1 amide bonds. The standard InChI is InChI=1S/C22H22ClN3O3/c1-14-5-3-6-16(11-14)21-24-22(29-25-21)18-7-4-10-26(18)20(27)13-15-8-9-19(28-2)17(23)12-15/h3,5-6,8-9,11-12,18H,4,7,10,13H2,1-2H3. The minimum absolute atomic E-state index is 0.0176. The van der Waals surface area contributed by atoms with E-state index >= 15 is 0 Å². The fourth-order valence-electron chi connectivity index (χ4n) is 3.69. The molecule has 3 aromatic rings. The van der Waals surface area contributed by atoms with E-state index in [-0.39, 0.29) is 18.4 Å². The van der Waals surface area contributed by atoms with Crippen LogP contribution in [-0.4, -0.2) is 34.6 Å². The highest BCUT2D eigenvalue weighted by atomic mass is 35.5. The van der Waals surface area contributed by atoms with Gasteiger partial charge in [-0.2, -0.15) is 4.98 Å². The first-order chi connectivity index (χ1) is 14.0. The summed E-state index contributed by atoms with van der Waals surface area (Å²) >= 11 is 6.19. The molecule has 29 heavy (non-hydrogen) atoms. The van der Waals surface area contributed by atoms with Gasteiger partial charge in [-0.15, -0.1) is 0 Å². The fraction of sp³-hybridized carbons (Fsp3) is 0.318. The molecule has 1 atom stereocenters. The summed E-state index contributed by atoms with van der Waals surface area (Å²) in [5.41, 5.74) is 2.88. The zero-order chi connectivity index (χ0) is 20.4. The third-order valence-corrected chi connectivity index (χ3v) is 5.44. The second-order valence-corrected chi connectivity index (χ2v) is 7.62. The van der Waals surface area contributed by atoms with Crippen molar-refractivity contribution in [1.82, 2.24) is 15.0 Å². The molecule has 150 valence electrons. The number of hydrogen-bond donors (Lipinski definition) is 0. The quantitative estimate of drug-likeness (QED) is 0.613. The molecule has 1 aliphatic rings. The van der Waals surface area contributed by atoms with Gasteiger partial charge in [0.2, 0.25) is 17.6 Å². The van der Waals surface area contributed by atoms with Gasteiger partial charge >= 0.3 is 0 Å². The first-order valence-electron chi connectivity index (χ1n) is 9.57. The molecule has 0 radical (unpaired) electrons. The molecule has 7 heteroatoms. The lowest BCUT2D eigenvalue weighted by molar-refractivity contribution is -0.131. The van der Waals surface area contributed by atoms with Crippen molar-refractivity contribution in [3.8, 4) is 17.1 Å². The van der Waals surface area contributed by atoms with Crippen molar-refractivity contribution >= 4 is 17.5 Å². The third kappa shape index (κ3) is 4.12. The summed E-state index contributed by atoms with van der Waals surface area (Å²) in [7, 11) is 1.57. The monoisotopic (exact) mass is 411 g/mol. The number of methoxy groups -OCH3 is 1. The van der Waals surface area contributed by atoms with E-state index in [1.165, 1.54) is 0 Å². The number of hydrogen-bond acceptors (Lipinski definition) is 5. The number of likely N-dealkylation sites (tertiary alicyclic amines) is 1. The highest BCUT2D eigenvalue weighted by molar-refractivity contribution is 6.32. The zero-order valence-electron chi connectivity index (χ0n) is 16.4. The van der Waals surface area contributed by atoms with Gasteiger partial charge in [0.1, 0.15) is 11.8 Å². The SMILES string of the molecule is COc1ccc(CC(=O)N2CCCC2c2nc(-c3cccc(C)c3)no2)cc1Cl. The molecule has 4 rings (SSSR count). The Morgan fingerprint density at radius 2 is 2.17 bits per heavy atom. The lowest BCUT2D eigenvalue weighted by atomic mass is 10.1. The highest BCUT2D eigenvalue weighted by Crippen LogP contribution is 2.33. The summed E-state index contributed by atoms with van der Waals surface area (Å²) in [5, 5.41) is 4.62. The van der Waals surface area contributed by atoms with Gasteiger partial charge in [-0.05, 0) is 43.5 Å². The van der Waals surface area contributed by atoms with E-state index in [0.29, 0.717) is 29.0 Å². The predicted molar refractivity (Wildman–Crippen MR) is 110 cm³/mol. The van der Waals surface area contributed by atoms with Crippen LogP contribution in [-0.2, 0) is 11.2 Å². The molecule has 1 aromatic heterocycles. The Labute approximate surface area is 174 Å². The van der Waals surface area contributed by atoms with Crippen molar-refractivity contribution in [3.63, 3.8) is 0 Å². The average Bonchev–Trinajstić information content (AvgIpc) is 3.37. The number of aromatic nitrogens is 2. The normalized spacial score (nSPS) is 16.2. The molecule has 2 aromatic carbocycles. The summed E-state index contributed by atoms with van der Waals surface area (Å²) in [6.45, 7) is 2.70. The van der Waals surface area contributed by atoms with E-state index in [9.17, 15) is 4.79 Å². The molecule has 0 saturated carbocycles. The second kappa shape index (κ2) is 8.25. The molecule has 2 heterocycles. The topological polar surface area (TPSA) is 68.5 Å². The number of rotatable bonds is 5. The van der Waals surface area contributed by atoms with Crippen LogP contribution in [0.3, 0.4) is 0 Å². The molecule has 0 spiro atoms. The molecule has 1 unspecified atom stereocenters. The number of nitrogens with zero attached hydrogens (tertiary/aromatic N) is 3. The van der Waals surface area contributed by atoms with Crippen LogP contribution in [0.1, 0.15) is 35.9 Å². The average molecular weight is 412 g/mol. The van der Waals surface area contributed by atoms with Crippen molar-refractivity contribution in [2.45, 2.75) is 32.2 Å². The lowest BCUT2D eigenvalue weighted by Gasteiger charge is -2.22.